The van der Waals surface area contributed by atoms with E-state index in [9.17, 15) is 19.3 Å². The molecule has 0 atom stereocenters. The van der Waals surface area contributed by atoms with Gasteiger partial charge in [-0.25, -0.2) is 14.2 Å². The van der Waals surface area contributed by atoms with Gasteiger partial charge in [0.1, 0.15) is 5.82 Å². The highest BCUT2D eigenvalue weighted by molar-refractivity contribution is 9.10. The summed E-state index contributed by atoms with van der Waals surface area (Å²) in [6.07, 6.45) is 1.34. The van der Waals surface area contributed by atoms with Crippen LogP contribution in [0.4, 0.5) is 21.6 Å². The first-order valence-electron chi connectivity index (χ1n) is 5.48. The number of anilines is 2. The van der Waals surface area contributed by atoms with Gasteiger partial charge >= 0.3 is 11.7 Å². The summed E-state index contributed by atoms with van der Waals surface area (Å²) in [5, 5.41) is 22.2. The van der Waals surface area contributed by atoms with E-state index in [2.05, 4.69) is 26.2 Å². The van der Waals surface area contributed by atoms with Crippen LogP contribution in [0.1, 0.15) is 10.4 Å². The molecule has 0 aliphatic heterocycles. The number of carbonyl (C=O) groups is 1. The number of carboxylic acid groups (broad SMARTS) is 1. The summed E-state index contributed by atoms with van der Waals surface area (Å²) in [5.41, 5.74) is -0.638. The molecule has 9 heteroatoms. The van der Waals surface area contributed by atoms with Crippen LogP contribution in [0.15, 0.2) is 34.9 Å². The van der Waals surface area contributed by atoms with E-state index in [-0.39, 0.29) is 17.2 Å². The summed E-state index contributed by atoms with van der Waals surface area (Å²) in [6.45, 7) is 0. The third kappa shape index (κ3) is 3.31. The number of carboxylic acids is 1. The topological polar surface area (TPSA) is 105 Å². The molecule has 0 aliphatic rings. The maximum absolute atomic E-state index is 13.5. The zero-order chi connectivity index (χ0) is 15.6. The molecule has 7 nitrogen and oxygen atoms in total. The molecule has 108 valence electrons. The Bertz CT molecular complexity index is 738. The molecular formula is C12H7BrFN3O4. The van der Waals surface area contributed by atoms with E-state index < -0.39 is 22.3 Å². The Morgan fingerprint density at radius 1 is 1.43 bits per heavy atom. The molecule has 2 rings (SSSR count). The summed E-state index contributed by atoms with van der Waals surface area (Å²) < 4.78 is 14.0. The van der Waals surface area contributed by atoms with Crippen LogP contribution in [-0.2, 0) is 0 Å². The van der Waals surface area contributed by atoms with Crippen molar-refractivity contribution in [3.05, 3.63) is 56.4 Å². The predicted molar refractivity (Wildman–Crippen MR) is 75.2 cm³/mol. The van der Waals surface area contributed by atoms with Gasteiger partial charge in [-0.05, 0) is 34.1 Å². The molecule has 0 unspecified atom stereocenters. The summed E-state index contributed by atoms with van der Waals surface area (Å²) in [7, 11) is 0. The maximum Gasteiger partial charge on any atom is 0.338 e. The third-order valence-corrected chi connectivity index (χ3v) is 2.93. The van der Waals surface area contributed by atoms with Crippen molar-refractivity contribution in [2.45, 2.75) is 0 Å². The van der Waals surface area contributed by atoms with Gasteiger partial charge in [0.15, 0.2) is 0 Å². The highest BCUT2D eigenvalue weighted by Crippen LogP contribution is 2.28. The molecule has 0 amide bonds. The molecule has 0 spiro atoms. The number of hydrogen-bond donors (Lipinski definition) is 2. The van der Waals surface area contributed by atoms with Gasteiger partial charge in [0.25, 0.3) is 0 Å². The van der Waals surface area contributed by atoms with E-state index in [1.165, 1.54) is 18.3 Å². The lowest BCUT2D eigenvalue weighted by Gasteiger charge is -2.07. The molecule has 1 aromatic heterocycles. The molecule has 0 saturated carbocycles. The maximum atomic E-state index is 13.5. The van der Waals surface area contributed by atoms with E-state index >= 15 is 0 Å². The number of pyridine rings is 1. The van der Waals surface area contributed by atoms with Gasteiger partial charge in [0.2, 0.25) is 5.82 Å². The van der Waals surface area contributed by atoms with Crippen molar-refractivity contribution in [1.29, 1.82) is 0 Å². The lowest BCUT2D eigenvalue weighted by atomic mass is 10.2. The van der Waals surface area contributed by atoms with E-state index in [1.807, 2.05) is 0 Å². The lowest BCUT2D eigenvalue weighted by Crippen LogP contribution is -2.03. The van der Waals surface area contributed by atoms with Crippen molar-refractivity contribution in [1.82, 2.24) is 4.98 Å². The van der Waals surface area contributed by atoms with Gasteiger partial charge in [0, 0.05) is 22.4 Å². The standard InChI is InChI=1S/C12H7BrFN3O4/c13-6-3-10(17(20)21)11(15-5-6)16-7-1-2-8(12(18)19)9(14)4-7/h1-5H,(H,15,16)(H,18,19). The number of aromatic nitrogens is 1. The van der Waals surface area contributed by atoms with E-state index in [0.29, 0.717) is 4.47 Å². The fourth-order valence-corrected chi connectivity index (χ4v) is 1.89. The number of rotatable bonds is 4. The number of nitro groups is 1. The largest absolute Gasteiger partial charge is 0.478 e. The second-order valence-electron chi connectivity index (χ2n) is 3.90. The van der Waals surface area contributed by atoms with Gasteiger partial charge in [-0.3, -0.25) is 10.1 Å². The van der Waals surface area contributed by atoms with E-state index in [1.54, 1.807) is 0 Å². The van der Waals surface area contributed by atoms with Gasteiger partial charge in [-0.15, -0.1) is 0 Å². The average Bonchev–Trinajstić information content (AvgIpc) is 2.40. The molecule has 0 fully saturated rings. The van der Waals surface area contributed by atoms with Crippen LogP contribution < -0.4 is 5.32 Å². The minimum absolute atomic E-state index is 0.0781. The molecule has 1 heterocycles. The Kier molecular flexibility index (Phi) is 4.13. The van der Waals surface area contributed by atoms with E-state index in [0.717, 1.165) is 12.1 Å². The highest BCUT2D eigenvalue weighted by Gasteiger charge is 2.17. The fraction of sp³-hybridized carbons (Fsp3) is 0. The van der Waals surface area contributed by atoms with Crippen molar-refractivity contribution >= 4 is 39.1 Å². The second kappa shape index (κ2) is 5.83. The number of nitrogens with one attached hydrogen (secondary N) is 1. The molecule has 1 aromatic carbocycles. The predicted octanol–water partition coefficient (Wildman–Crippen LogP) is 3.33. The Hall–Kier alpha value is -2.55. The van der Waals surface area contributed by atoms with Crippen molar-refractivity contribution in [3.8, 4) is 0 Å². The molecule has 2 N–H and O–H groups in total. The Morgan fingerprint density at radius 2 is 2.14 bits per heavy atom. The zero-order valence-corrected chi connectivity index (χ0v) is 11.8. The van der Waals surface area contributed by atoms with Crippen LogP contribution in [0.5, 0.6) is 0 Å². The van der Waals surface area contributed by atoms with Crippen LogP contribution in [-0.4, -0.2) is 21.0 Å². The molecule has 21 heavy (non-hydrogen) atoms. The first-order chi connectivity index (χ1) is 9.88. The average molecular weight is 356 g/mol. The van der Waals surface area contributed by atoms with Crippen molar-refractivity contribution < 1.29 is 19.2 Å². The number of nitrogens with zero attached hydrogens (tertiary/aromatic N) is 2. The molecular weight excluding hydrogens is 349 g/mol. The zero-order valence-electron chi connectivity index (χ0n) is 10.2. The van der Waals surface area contributed by atoms with Crippen LogP contribution in [0, 0.1) is 15.9 Å². The molecule has 2 aromatic rings. The minimum Gasteiger partial charge on any atom is -0.478 e. The number of halogens is 2. The number of hydrogen-bond acceptors (Lipinski definition) is 5. The Labute approximate surface area is 125 Å². The van der Waals surface area contributed by atoms with Crippen molar-refractivity contribution in [2.24, 2.45) is 0 Å². The van der Waals surface area contributed by atoms with Crippen LogP contribution in [0.3, 0.4) is 0 Å². The summed E-state index contributed by atoms with van der Waals surface area (Å²) in [6, 6.07) is 4.53. The van der Waals surface area contributed by atoms with E-state index in [4.69, 9.17) is 5.11 Å². The van der Waals surface area contributed by atoms with Crippen LogP contribution in [0.2, 0.25) is 0 Å². The minimum atomic E-state index is -1.40. The summed E-state index contributed by atoms with van der Waals surface area (Å²) >= 11 is 3.07. The number of aromatic carboxylic acids is 1. The Morgan fingerprint density at radius 3 is 2.71 bits per heavy atom. The monoisotopic (exact) mass is 355 g/mol. The fourth-order valence-electron chi connectivity index (χ4n) is 1.57. The van der Waals surface area contributed by atoms with Gasteiger partial charge < -0.3 is 10.4 Å². The van der Waals surface area contributed by atoms with Gasteiger partial charge in [0.05, 0.1) is 10.5 Å². The first-order valence-corrected chi connectivity index (χ1v) is 6.27. The molecule has 0 bridgehead atoms. The summed E-state index contributed by atoms with van der Waals surface area (Å²) in [5.74, 6) is -2.43. The highest BCUT2D eigenvalue weighted by atomic mass is 79.9. The lowest BCUT2D eigenvalue weighted by molar-refractivity contribution is -0.384. The van der Waals surface area contributed by atoms with Crippen molar-refractivity contribution in [3.63, 3.8) is 0 Å². The Balaban J connectivity index is 2.37. The number of benzene rings is 1. The normalized spacial score (nSPS) is 10.2. The first kappa shape index (κ1) is 14.9. The van der Waals surface area contributed by atoms with Gasteiger partial charge in [-0.1, -0.05) is 0 Å². The SMILES string of the molecule is O=C(O)c1ccc(Nc2ncc(Br)cc2[N+](=O)[O-])cc1F. The van der Waals surface area contributed by atoms with Crippen LogP contribution in [0.25, 0.3) is 0 Å². The summed E-state index contributed by atoms with van der Waals surface area (Å²) in [4.78, 5) is 24.8. The van der Waals surface area contributed by atoms with Crippen LogP contribution >= 0.6 is 15.9 Å². The quantitative estimate of drug-likeness (QED) is 0.643. The van der Waals surface area contributed by atoms with Gasteiger partial charge in [-0.2, -0.15) is 0 Å². The third-order valence-electron chi connectivity index (χ3n) is 2.49. The second-order valence-corrected chi connectivity index (χ2v) is 4.82. The van der Waals surface area contributed by atoms with Crippen molar-refractivity contribution in [2.75, 3.05) is 5.32 Å². The molecule has 0 radical (unpaired) electrons. The molecule has 0 aliphatic carbocycles. The molecule has 0 saturated heterocycles. The smallest absolute Gasteiger partial charge is 0.338 e.